The van der Waals surface area contributed by atoms with Crippen molar-refractivity contribution in [3.63, 3.8) is 0 Å². The molecular weight excluding hydrogens is 282 g/mol. The third-order valence-corrected chi connectivity index (χ3v) is 3.48. The normalized spacial score (nSPS) is 14.0. The second-order valence-electron chi connectivity index (χ2n) is 6.17. The Hall–Kier alpha value is -2.04. The predicted molar refractivity (Wildman–Crippen MR) is 82.8 cm³/mol. The number of carboxylic acids is 1. The van der Waals surface area contributed by atoms with E-state index in [1.165, 1.54) is 4.90 Å². The Morgan fingerprint density at radius 2 is 1.91 bits per heavy atom. The van der Waals surface area contributed by atoms with E-state index in [9.17, 15) is 9.59 Å². The minimum Gasteiger partial charge on any atom is -0.493 e. The summed E-state index contributed by atoms with van der Waals surface area (Å²) in [7, 11) is 0. The van der Waals surface area contributed by atoms with Gasteiger partial charge >= 0.3 is 5.97 Å². The fourth-order valence-electron chi connectivity index (χ4n) is 2.20. The van der Waals surface area contributed by atoms with Gasteiger partial charge in [-0.05, 0) is 36.5 Å². The molecule has 0 aromatic heterocycles. The number of aliphatic carboxylic acids is 1. The smallest absolute Gasteiger partial charge is 0.323 e. The molecule has 0 radical (unpaired) electrons. The molecule has 5 nitrogen and oxygen atoms in total. The van der Waals surface area contributed by atoms with E-state index < -0.39 is 5.97 Å². The van der Waals surface area contributed by atoms with Crippen molar-refractivity contribution >= 4 is 11.9 Å². The molecule has 1 saturated carbocycles. The molecular formula is C17H23NO4. The Bertz CT molecular complexity index is 520. The van der Waals surface area contributed by atoms with E-state index in [0.717, 1.165) is 24.2 Å². The lowest BCUT2D eigenvalue weighted by atomic mass is 10.1. The lowest BCUT2D eigenvalue weighted by Gasteiger charge is -2.20. The zero-order valence-corrected chi connectivity index (χ0v) is 13.1. The van der Waals surface area contributed by atoms with Crippen LogP contribution < -0.4 is 4.74 Å². The molecule has 1 amide bonds. The van der Waals surface area contributed by atoms with Crippen LogP contribution in [0.15, 0.2) is 24.3 Å². The first-order chi connectivity index (χ1) is 10.5. The highest BCUT2D eigenvalue weighted by Crippen LogP contribution is 2.27. The van der Waals surface area contributed by atoms with E-state index in [1.54, 1.807) is 0 Å². The molecule has 0 atom stereocenters. The highest BCUT2D eigenvalue weighted by Gasteiger charge is 2.33. The van der Waals surface area contributed by atoms with Crippen LogP contribution in [0.4, 0.5) is 0 Å². The minimum atomic E-state index is -0.960. The Kier molecular flexibility index (Phi) is 5.41. The largest absolute Gasteiger partial charge is 0.493 e. The van der Waals surface area contributed by atoms with E-state index in [0.29, 0.717) is 12.5 Å². The first-order valence-corrected chi connectivity index (χ1v) is 7.68. The van der Waals surface area contributed by atoms with Crippen molar-refractivity contribution in [3.8, 4) is 5.75 Å². The Labute approximate surface area is 130 Å². The van der Waals surface area contributed by atoms with Crippen molar-refractivity contribution in [3.05, 3.63) is 29.8 Å². The van der Waals surface area contributed by atoms with Gasteiger partial charge in [-0.3, -0.25) is 9.59 Å². The molecule has 1 aliphatic carbocycles. The van der Waals surface area contributed by atoms with Crippen LogP contribution >= 0.6 is 0 Å². The molecule has 120 valence electrons. The summed E-state index contributed by atoms with van der Waals surface area (Å²) in [4.78, 5) is 24.6. The van der Waals surface area contributed by atoms with Gasteiger partial charge in [0, 0.05) is 6.04 Å². The molecule has 5 heteroatoms. The number of rotatable bonds is 8. The van der Waals surface area contributed by atoms with Crippen molar-refractivity contribution in [2.75, 3.05) is 13.2 Å². The lowest BCUT2D eigenvalue weighted by molar-refractivity contribution is -0.144. The highest BCUT2D eigenvalue weighted by atomic mass is 16.5. The van der Waals surface area contributed by atoms with Gasteiger partial charge < -0.3 is 14.7 Å². The fraction of sp³-hybridized carbons (Fsp3) is 0.529. The van der Waals surface area contributed by atoms with Crippen LogP contribution in [0.2, 0.25) is 0 Å². The van der Waals surface area contributed by atoms with Crippen molar-refractivity contribution in [2.24, 2.45) is 5.92 Å². The van der Waals surface area contributed by atoms with Gasteiger partial charge in [0.2, 0.25) is 5.91 Å². The number of carboxylic acid groups (broad SMARTS) is 1. The van der Waals surface area contributed by atoms with E-state index >= 15 is 0 Å². The standard InChI is InChI=1S/C17H23NO4/c1-12(2)11-22-15-7-3-13(4-8-15)9-16(19)18(10-17(20)21)14-5-6-14/h3-4,7-8,12,14H,5-6,9-11H2,1-2H3,(H,20,21). The zero-order chi connectivity index (χ0) is 16.1. The Morgan fingerprint density at radius 3 is 2.41 bits per heavy atom. The average Bonchev–Trinajstić information content (AvgIpc) is 3.28. The maximum absolute atomic E-state index is 12.3. The van der Waals surface area contributed by atoms with E-state index in [-0.39, 0.29) is 24.9 Å². The topological polar surface area (TPSA) is 66.8 Å². The zero-order valence-electron chi connectivity index (χ0n) is 13.1. The van der Waals surface area contributed by atoms with Gasteiger partial charge in [-0.25, -0.2) is 0 Å². The summed E-state index contributed by atoms with van der Waals surface area (Å²) >= 11 is 0. The first kappa shape index (κ1) is 16.3. The summed E-state index contributed by atoms with van der Waals surface area (Å²) in [5.74, 6) is 0.164. The van der Waals surface area contributed by atoms with Gasteiger partial charge in [0.1, 0.15) is 12.3 Å². The SMILES string of the molecule is CC(C)COc1ccc(CC(=O)N(CC(=O)O)C2CC2)cc1. The minimum absolute atomic E-state index is 0.109. The number of amides is 1. The van der Waals surface area contributed by atoms with Gasteiger partial charge in [-0.2, -0.15) is 0 Å². The van der Waals surface area contributed by atoms with E-state index in [4.69, 9.17) is 9.84 Å². The molecule has 1 aromatic carbocycles. The maximum Gasteiger partial charge on any atom is 0.323 e. The molecule has 0 saturated heterocycles. The Morgan fingerprint density at radius 1 is 1.27 bits per heavy atom. The van der Waals surface area contributed by atoms with Gasteiger partial charge in [0.15, 0.2) is 0 Å². The second kappa shape index (κ2) is 7.29. The summed E-state index contributed by atoms with van der Waals surface area (Å²) in [6, 6.07) is 7.53. The van der Waals surface area contributed by atoms with Crippen molar-refractivity contribution in [1.82, 2.24) is 4.90 Å². The number of ether oxygens (including phenoxy) is 1. The summed E-state index contributed by atoms with van der Waals surface area (Å²) in [6.07, 6.45) is 2.04. The summed E-state index contributed by atoms with van der Waals surface area (Å²) in [5, 5.41) is 8.91. The van der Waals surface area contributed by atoms with Crippen LogP contribution in [0.25, 0.3) is 0 Å². The molecule has 2 rings (SSSR count). The molecule has 0 spiro atoms. The predicted octanol–water partition coefficient (Wildman–Crippen LogP) is 2.34. The van der Waals surface area contributed by atoms with E-state index in [1.807, 2.05) is 24.3 Å². The molecule has 0 aliphatic heterocycles. The van der Waals surface area contributed by atoms with Crippen molar-refractivity contribution in [2.45, 2.75) is 39.2 Å². The van der Waals surface area contributed by atoms with Gasteiger partial charge in [0.25, 0.3) is 0 Å². The second-order valence-corrected chi connectivity index (χ2v) is 6.17. The number of carbonyl (C=O) groups is 2. The van der Waals surface area contributed by atoms with Gasteiger partial charge in [-0.1, -0.05) is 26.0 Å². The van der Waals surface area contributed by atoms with Crippen LogP contribution in [0, 0.1) is 5.92 Å². The van der Waals surface area contributed by atoms with Crippen LogP contribution in [0.5, 0.6) is 5.75 Å². The van der Waals surface area contributed by atoms with Crippen LogP contribution in [-0.4, -0.2) is 41.1 Å². The quantitative estimate of drug-likeness (QED) is 0.800. The molecule has 0 unspecified atom stereocenters. The monoisotopic (exact) mass is 305 g/mol. The summed E-state index contributed by atoms with van der Waals surface area (Å²) < 4.78 is 5.60. The van der Waals surface area contributed by atoms with Gasteiger partial charge in [0.05, 0.1) is 13.0 Å². The first-order valence-electron chi connectivity index (χ1n) is 7.68. The Balaban J connectivity index is 1.91. The molecule has 1 fully saturated rings. The molecule has 1 aromatic rings. The molecule has 1 N–H and O–H groups in total. The number of benzene rings is 1. The third-order valence-electron chi connectivity index (χ3n) is 3.48. The molecule has 22 heavy (non-hydrogen) atoms. The number of hydrogen-bond donors (Lipinski definition) is 1. The average molecular weight is 305 g/mol. The van der Waals surface area contributed by atoms with Crippen molar-refractivity contribution < 1.29 is 19.4 Å². The summed E-state index contributed by atoms with van der Waals surface area (Å²) in [5.41, 5.74) is 0.873. The van der Waals surface area contributed by atoms with Crippen LogP contribution in [-0.2, 0) is 16.0 Å². The fourth-order valence-corrected chi connectivity index (χ4v) is 2.20. The third kappa shape index (κ3) is 5.06. The lowest BCUT2D eigenvalue weighted by Crippen LogP contribution is -2.38. The number of nitrogens with zero attached hydrogens (tertiary/aromatic N) is 1. The number of hydrogen-bond acceptors (Lipinski definition) is 3. The highest BCUT2D eigenvalue weighted by molar-refractivity contribution is 5.83. The van der Waals surface area contributed by atoms with Gasteiger partial charge in [-0.15, -0.1) is 0 Å². The maximum atomic E-state index is 12.3. The van der Waals surface area contributed by atoms with Crippen LogP contribution in [0.1, 0.15) is 32.3 Å². The molecule has 0 bridgehead atoms. The molecule has 1 aliphatic rings. The van der Waals surface area contributed by atoms with E-state index in [2.05, 4.69) is 13.8 Å². The van der Waals surface area contributed by atoms with Crippen molar-refractivity contribution in [1.29, 1.82) is 0 Å². The summed E-state index contributed by atoms with van der Waals surface area (Å²) in [6.45, 7) is 4.62. The van der Waals surface area contributed by atoms with Crippen LogP contribution in [0.3, 0.4) is 0 Å². The molecule has 0 heterocycles. The number of carbonyl (C=O) groups excluding carboxylic acids is 1.